The summed E-state index contributed by atoms with van der Waals surface area (Å²) < 4.78 is 0. The summed E-state index contributed by atoms with van der Waals surface area (Å²) in [5.74, 6) is -1.77. The highest BCUT2D eigenvalue weighted by molar-refractivity contribution is 5.97. The average molecular weight is 305 g/mol. The van der Waals surface area contributed by atoms with Gasteiger partial charge in [-0.05, 0) is 45.6 Å². The number of carbonyl (C=O) groups is 2. The molecule has 22 heavy (non-hydrogen) atoms. The van der Waals surface area contributed by atoms with Gasteiger partial charge < -0.3 is 15.3 Å². The number of hydrogen-bond donors (Lipinski definition) is 2. The summed E-state index contributed by atoms with van der Waals surface area (Å²) in [6.45, 7) is 4.57. The molecule has 6 heteroatoms. The first kappa shape index (κ1) is 16.5. The van der Waals surface area contributed by atoms with Gasteiger partial charge in [-0.15, -0.1) is 0 Å². The normalized spacial score (nSPS) is 23.0. The first-order valence-corrected chi connectivity index (χ1v) is 7.75. The Kier molecular flexibility index (Phi) is 4.87. The van der Waals surface area contributed by atoms with Crippen LogP contribution in [0.25, 0.3) is 0 Å². The Labute approximate surface area is 130 Å². The Morgan fingerprint density at radius 1 is 1.36 bits per heavy atom. The summed E-state index contributed by atoms with van der Waals surface area (Å²) in [6.07, 6.45) is 5.15. The van der Waals surface area contributed by atoms with E-state index in [1.54, 1.807) is 6.08 Å². The largest absolute Gasteiger partial charge is 0.481 e. The lowest BCUT2D eigenvalue weighted by atomic mass is 9.96. The lowest BCUT2D eigenvalue weighted by molar-refractivity contribution is -0.145. The van der Waals surface area contributed by atoms with Crippen molar-refractivity contribution in [3.63, 3.8) is 0 Å². The number of likely N-dealkylation sites (tertiary alicyclic amines) is 1. The molecule has 1 aliphatic heterocycles. The van der Waals surface area contributed by atoms with Gasteiger partial charge in [0.1, 0.15) is 11.6 Å². The lowest BCUT2D eigenvalue weighted by Gasteiger charge is -2.31. The second kappa shape index (κ2) is 6.49. The molecule has 1 aliphatic carbocycles. The molecule has 1 unspecified atom stereocenters. The fraction of sp³-hybridized carbons (Fsp3) is 0.688. The van der Waals surface area contributed by atoms with Crippen LogP contribution in [0.3, 0.4) is 0 Å². The van der Waals surface area contributed by atoms with Gasteiger partial charge in [-0.1, -0.05) is 0 Å². The maximum absolute atomic E-state index is 12.5. The summed E-state index contributed by atoms with van der Waals surface area (Å²) in [7, 11) is 0. The average Bonchev–Trinajstić information content (AvgIpc) is 3.27. The van der Waals surface area contributed by atoms with E-state index in [9.17, 15) is 14.9 Å². The number of nitrogens with zero attached hydrogens (tertiary/aromatic N) is 2. The van der Waals surface area contributed by atoms with Gasteiger partial charge in [-0.2, -0.15) is 5.26 Å². The van der Waals surface area contributed by atoms with Crippen molar-refractivity contribution in [1.82, 2.24) is 10.2 Å². The van der Waals surface area contributed by atoms with Crippen molar-refractivity contribution in [3.05, 3.63) is 11.6 Å². The van der Waals surface area contributed by atoms with E-state index in [1.807, 2.05) is 19.9 Å². The molecule has 0 aromatic carbocycles. The number of carbonyl (C=O) groups excluding carboxylic acids is 1. The van der Waals surface area contributed by atoms with Crippen molar-refractivity contribution >= 4 is 11.9 Å². The Hall–Kier alpha value is -1.87. The molecule has 2 aliphatic rings. The third kappa shape index (κ3) is 4.31. The molecular formula is C16H23N3O3. The highest BCUT2D eigenvalue weighted by Gasteiger charge is 2.32. The predicted octanol–water partition coefficient (Wildman–Crippen LogP) is 1.29. The minimum absolute atomic E-state index is 0.0872. The van der Waals surface area contributed by atoms with Crippen molar-refractivity contribution < 1.29 is 14.7 Å². The molecule has 0 bridgehead atoms. The van der Waals surface area contributed by atoms with Crippen molar-refractivity contribution in [2.24, 2.45) is 5.92 Å². The molecule has 2 fully saturated rings. The fourth-order valence-corrected chi connectivity index (χ4v) is 2.83. The van der Waals surface area contributed by atoms with Crippen molar-refractivity contribution in [3.8, 4) is 6.07 Å². The van der Waals surface area contributed by atoms with E-state index >= 15 is 0 Å². The highest BCUT2D eigenvalue weighted by atomic mass is 16.4. The number of hydrogen-bond acceptors (Lipinski definition) is 4. The van der Waals surface area contributed by atoms with E-state index in [0.717, 1.165) is 12.8 Å². The Morgan fingerprint density at radius 3 is 2.59 bits per heavy atom. The molecule has 6 nitrogen and oxygen atoms in total. The zero-order chi connectivity index (χ0) is 16.3. The van der Waals surface area contributed by atoms with Gasteiger partial charge >= 0.3 is 5.97 Å². The first-order valence-electron chi connectivity index (χ1n) is 7.75. The molecule has 2 rings (SSSR count). The highest BCUT2D eigenvalue weighted by Crippen LogP contribution is 2.24. The molecule has 0 aromatic heterocycles. The Balaban J connectivity index is 2.07. The molecule has 1 saturated carbocycles. The van der Waals surface area contributed by atoms with Crippen LogP contribution < -0.4 is 5.32 Å². The van der Waals surface area contributed by atoms with Crippen LogP contribution in [-0.2, 0) is 9.59 Å². The number of nitrogens with one attached hydrogen (secondary N) is 1. The smallest absolute Gasteiger partial charge is 0.308 e. The van der Waals surface area contributed by atoms with E-state index in [2.05, 4.69) is 5.32 Å². The quantitative estimate of drug-likeness (QED) is 0.589. The minimum Gasteiger partial charge on any atom is -0.481 e. The SMILES string of the molecule is CC(C)(C=C(C#N)C(=O)N1CCCC(C(=O)O)C1)NC1CC1. The third-order valence-electron chi connectivity index (χ3n) is 4.07. The van der Waals surface area contributed by atoms with Crippen LogP contribution >= 0.6 is 0 Å². The number of carboxylic acids is 1. The summed E-state index contributed by atoms with van der Waals surface area (Å²) in [5, 5.41) is 21.8. The van der Waals surface area contributed by atoms with Gasteiger partial charge in [0.15, 0.2) is 0 Å². The van der Waals surface area contributed by atoms with Gasteiger partial charge in [-0.3, -0.25) is 9.59 Å². The maximum Gasteiger partial charge on any atom is 0.308 e. The van der Waals surface area contributed by atoms with E-state index in [-0.39, 0.29) is 18.0 Å². The lowest BCUT2D eigenvalue weighted by Crippen LogP contribution is -2.44. The number of piperidine rings is 1. The number of amides is 1. The molecular weight excluding hydrogens is 282 g/mol. The summed E-state index contributed by atoms with van der Waals surface area (Å²) in [6, 6.07) is 2.44. The predicted molar refractivity (Wildman–Crippen MR) is 80.9 cm³/mol. The number of nitriles is 1. The van der Waals surface area contributed by atoms with Gasteiger partial charge in [-0.25, -0.2) is 0 Å². The molecule has 1 heterocycles. The van der Waals surface area contributed by atoms with Crippen molar-refractivity contribution in [2.45, 2.75) is 51.1 Å². The van der Waals surface area contributed by atoms with E-state index < -0.39 is 17.4 Å². The maximum atomic E-state index is 12.5. The summed E-state index contributed by atoms with van der Waals surface area (Å²) >= 11 is 0. The molecule has 1 saturated heterocycles. The van der Waals surface area contributed by atoms with Crippen LogP contribution in [0.1, 0.15) is 39.5 Å². The minimum atomic E-state index is -0.879. The van der Waals surface area contributed by atoms with Crippen LogP contribution in [0.15, 0.2) is 11.6 Å². The van der Waals surface area contributed by atoms with E-state index in [0.29, 0.717) is 25.4 Å². The molecule has 1 amide bonds. The molecule has 2 N–H and O–H groups in total. The number of carboxylic acid groups (broad SMARTS) is 1. The van der Waals surface area contributed by atoms with Gasteiger partial charge in [0.2, 0.25) is 0 Å². The fourth-order valence-electron chi connectivity index (χ4n) is 2.83. The van der Waals surface area contributed by atoms with Crippen LogP contribution in [-0.4, -0.2) is 46.6 Å². The zero-order valence-electron chi connectivity index (χ0n) is 13.1. The first-order chi connectivity index (χ1) is 10.3. The van der Waals surface area contributed by atoms with Crippen molar-refractivity contribution in [2.75, 3.05) is 13.1 Å². The Morgan fingerprint density at radius 2 is 2.05 bits per heavy atom. The molecule has 0 aromatic rings. The van der Waals surface area contributed by atoms with Gasteiger partial charge in [0.25, 0.3) is 5.91 Å². The number of aliphatic carboxylic acids is 1. The molecule has 0 radical (unpaired) electrons. The van der Waals surface area contributed by atoms with Crippen LogP contribution in [0.5, 0.6) is 0 Å². The Bertz CT molecular complexity index is 529. The second-order valence-corrected chi connectivity index (χ2v) is 6.74. The standard InChI is InChI=1S/C16H23N3O3/c1-16(2,18-13-5-6-13)8-12(9-17)14(20)19-7-3-4-11(10-19)15(21)22/h8,11,13,18H,3-7,10H2,1-2H3,(H,21,22). The number of rotatable bonds is 5. The zero-order valence-corrected chi connectivity index (χ0v) is 13.1. The molecule has 120 valence electrons. The molecule has 1 atom stereocenters. The van der Waals surface area contributed by atoms with Gasteiger partial charge in [0.05, 0.1) is 5.92 Å². The summed E-state index contributed by atoms with van der Waals surface area (Å²) in [5.41, 5.74) is -0.339. The topological polar surface area (TPSA) is 93.4 Å². The monoisotopic (exact) mass is 305 g/mol. The van der Waals surface area contributed by atoms with Crippen LogP contribution in [0.2, 0.25) is 0 Å². The van der Waals surface area contributed by atoms with Crippen LogP contribution in [0.4, 0.5) is 0 Å². The van der Waals surface area contributed by atoms with Crippen molar-refractivity contribution in [1.29, 1.82) is 5.26 Å². The van der Waals surface area contributed by atoms with Crippen LogP contribution in [0, 0.1) is 17.2 Å². The third-order valence-corrected chi connectivity index (χ3v) is 4.07. The van der Waals surface area contributed by atoms with E-state index in [1.165, 1.54) is 4.90 Å². The second-order valence-electron chi connectivity index (χ2n) is 6.74. The summed E-state index contributed by atoms with van der Waals surface area (Å²) in [4.78, 5) is 25.1. The molecule has 0 spiro atoms. The van der Waals surface area contributed by atoms with E-state index in [4.69, 9.17) is 5.11 Å². The van der Waals surface area contributed by atoms with Gasteiger partial charge in [0, 0.05) is 24.7 Å².